The molecule has 15 nitrogen and oxygen atoms in total. The lowest BCUT2D eigenvalue weighted by Crippen LogP contribution is -2.70. The second kappa shape index (κ2) is 20.6. The molecule has 0 unspecified atom stereocenters. The highest BCUT2D eigenvalue weighted by Crippen LogP contribution is 2.59. The lowest BCUT2D eigenvalue weighted by Gasteiger charge is -2.50. The van der Waals surface area contributed by atoms with Gasteiger partial charge in [0.15, 0.2) is 18.4 Å². The molecule has 18 heteroatoms. The summed E-state index contributed by atoms with van der Waals surface area (Å²) in [7, 11) is 0. The predicted octanol–water partition coefficient (Wildman–Crippen LogP) is 5.84. The van der Waals surface area contributed by atoms with Crippen LogP contribution >= 0.6 is 0 Å². The van der Waals surface area contributed by atoms with Crippen molar-refractivity contribution in [3.8, 4) is 0 Å². The fourth-order valence-corrected chi connectivity index (χ4v) is 9.79. The number of benzene rings is 1. The first kappa shape index (κ1) is 49.3. The first-order chi connectivity index (χ1) is 30.3. The number of amides is 2. The van der Waals surface area contributed by atoms with Crippen LogP contribution in [-0.2, 0) is 59.0 Å². The molecule has 2 amide bonds. The smallest absolute Gasteiger partial charge is 0.422 e. The van der Waals surface area contributed by atoms with Gasteiger partial charge in [0, 0.05) is 38.3 Å². The lowest BCUT2D eigenvalue weighted by atomic mass is 9.62. The van der Waals surface area contributed by atoms with Gasteiger partial charge in [-0.1, -0.05) is 63.8 Å². The summed E-state index contributed by atoms with van der Waals surface area (Å²) >= 11 is 0. The Morgan fingerprint density at radius 2 is 1.70 bits per heavy atom. The highest BCUT2D eigenvalue weighted by molar-refractivity contribution is 5.96. The largest absolute Gasteiger partial charge is 0.460 e. The van der Waals surface area contributed by atoms with E-state index in [0.717, 1.165) is 44.6 Å². The SMILES string of the molecule is CCCCCC1(CCCCC)O[C@@H]2[C@H](O1)[C@H]1ON(Cc3ccccc3C=CC(=O)OCC(F)(F)F)[C@H]3C(=O)O[C@@H]2C[C@@]13C(=O)N1CCC[C@@H]1C(=O)N[C@H](CO)CCC(=O)OC(C)(C)C. The van der Waals surface area contributed by atoms with Crippen molar-refractivity contribution in [2.24, 2.45) is 5.41 Å². The Morgan fingerprint density at radius 3 is 2.36 bits per heavy atom. The van der Waals surface area contributed by atoms with Gasteiger partial charge in [0.1, 0.15) is 41.5 Å². The van der Waals surface area contributed by atoms with E-state index < -0.39 is 108 Å². The quantitative estimate of drug-likeness (QED) is 0.0691. The fourth-order valence-electron chi connectivity index (χ4n) is 9.79. The zero-order valence-corrected chi connectivity index (χ0v) is 37.5. The van der Waals surface area contributed by atoms with Crippen molar-refractivity contribution in [1.82, 2.24) is 15.3 Å². The van der Waals surface area contributed by atoms with Crippen LogP contribution < -0.4 is 5.32 Å². The maximum absolute atomic E-state index is 15.6. The first-order valence-corrected chi connectivity index (χ1v) is 22.8. The molecule has 1 saturated carbocycles. The van der Waals surface area contributed by atoms with Gasteiger partial charge in [0.2, 0.25) is 11.8 Å². The Morgan fingerprint density at radius 1 is 1.02 bits per heavy atom. The van der Waals surface area contributed by atoms with Crippen LogP contribution in [0, 0.1) is 5.41 Å². The zero-order valence-electron chi connectivity index (χ0n) is 37.5. The summed E-state index contributed by atoms with van der Waals surface area (Å²) in [5, 5.41) is 14.4. The number of carbonyl (C=O) groups excluding carboxylic acids is 5. The van der Waals surface area contributed by atoms with Gasteiger partial charge in [-0.15, -0.1) is 0 Å². The molecule has 0 spiro atoms. The molecule has 2 N–H and O–H groups in total. The molecule has 4 aliphatic heterocycles. The van der Waals surface area contributed by atoms with Gasteiger partial charge in [-0.25, -0.2) is 4.79 Å². The summed E-state index contributed by atoms with van der Waals surface area (Å²) in [5.74, 6) is -4.44. The number of hydrogen-bond acceptors (Lipinski definition) is 13. The number of carbonyl (C=O) groups is 5. The Labute approximate surface area is 372 Å². The van der Waals surface area contributed by atoms with E-state index in [9.17, 15) is 37.5 Å². The number of alkyl halides is 3. The molecular weight excluding hydrogens is 844 g/mol. The monoisotopic (exact) mass is 907 g/mol. The van der Waals surface area contributed by atoms with E-state index in [1.165, 1.54) is 16.0 Å². The number of aliphatic hydroxyl groups excluding tert-OH is 1. The minimum absolute atomic E-state index is 0.0144. The number of fused-ring (bicyclic) bond motifs is 4. The summed E-state index contributed by atoms with van der Waals surface area (Å²) in [4.78, 5) is 77.1. The number of nitrogens with zero attached hydrogens (tertiary/aromatic N) is 2. The van der Waals surface area contributed by atoms with Crippen molar-refractivity contribution in [2.45, 2.75) is 185 Å². The van der Waals surface area contributed by atoms with Crippen molar-refractivity contribution in [2.75, 3.05) is 19.8 Å². The maximum atomic E-state index is 15.6. The summed E-state index contributed by atoms with van der Waals surface area (Å²) in [6, 6.07) is 3.62. The molecule has 356 valence electrons. The van der Waals surface area contributed by atoms with Gasteiger partial charge < -0.3 is 39.0 Å². The fraction of sp³-hybridized carbons (Fsp3) is 0.717. The van der Waals surface area contributed by atoms with Crippen LogP contribution in [0.4, 0.5) is 13.2 Å². The molecule has 4 heterocycles. The van der Waals surface area contributed by atoms with E-state index in [2.05, 4.69) is 23.9 Å². The first-order valence-electron chi connectivity index (χ1n) is 22.8. The summed E-state index contributed by atoms with van der Waals surface area (Å²) in [6.07, 6.45) is 1.40. The summed E-state index contributed by atoms with van der Waals surface area (Å²) in [6.45, 7) is 7.31. The molecule has 1 aromatic carbocycles. The van der Waals surface area contributed by atoms with Crippen LogP contribution in [0.2, 0.25) is 0 Å². The van der Waals surface area contributed by atoms with Crippen molar-refractivity contribution in [1.29, 1.82) is 0 Å². The number of unbranched alkanes of at least 4 members (excludes halogenated alkanes) is 4. The van der Waals surface area contributed by atoms with Crippen molar-refractivity contribution in [3.05, 3.63) is 41.5 Å². The third-order valence-electron chi connectivity index (χ3n) is 12.6. The molecule has 0 aromatic heterocycles. The van der Waals surface area contributed by atoms with E-state index in [1.54, 1.807) is 45.0 Å². The van der Waals surface area contributed by atoms with E-state index >= 15 is 4.79 Å². The number of likely N-dealkylation sites (tertiary alicyclic amines) is 1. The van der Waals surface area contributed by atoms with Crippen molar-refractivity contribution in [3.63, 3.8) is 0 Å². The molecular formula is C46H64F3N3O12. The average molecular weight is 908 g/mol. The molecule has 0 radical (unpaired) electrons. The van der Waals surface area contributed by atoms with Crippen LogP contribution in [0.15, 0.2) is 30.3 Å². The van der Waals surface area contributed by atoms with Gasteiger partial charge in [-0.3, -0.25) is 24.0 Å². The van der Waals surface area contributed by atoms with Crippen molar-refractivity contribution < 1.29 is 70.8 Å². The second-order valence-electron chi connectivity index (χ2n) is 18.6. The topological polar surface area (TPSA) is 179 Å². The molecule has 5 aliphatic rings. The zero-order chi connectivity index (χ0) is 46.5. The highest BCUT2D eigenvalue weighted by atomic mass is 19.4. The number of nitrogens with one attached hydrogen (secondary N) is 1. The number of hydrogen-bond donors (Lipinski definition) is 2. The van der Waals surface area contributed by atoms with E-state index in [4.69, 9.17) is 23.8 Å². The standard InChI is InChI=1S/C46H64F3N3O12/c1-6-8-12-22-44(23-13-9-7-2)62-36-33-25-45(42(58)51-24-14-17-32(51)40(56)50-31(27-53)19-21-35(55)61-43(3,4)5)38(41(57)60-33)52(64-39(45)37(36)63-44)26-30-16-11-10-15-29(30)18-20-34(54)59-28-46(47,48)49/h10-11,15-16,18,20,31-33,36-39,53H,6-9,12-14,17,19,21-28H2,1-5H3,(H,50,56)/t31-,32+,33+,36-,37-,38-,39+,45-/m0/s1. The lowest BCUT2D eigenvalue weighted by molar-refractivity contribution is -0.225. The predicted molar refractivity (Wildman–Crippen MR) is 223 cm³/mol. The van der Waals surface area contributed by atoms with Gasteiger partial charge in [0.05, 0.1) is 19.2 Å². The number of esters is 3. The molecule has 1 aromatic rings. The van der Waals surface area contributed by atoms with Gasteiger partial charge >= 0.3 is 24.1 Å². The molecule has 64 heavy (non-hydrogen) atoms. The molecule has 2 bridgehead atoms. The highest BCUT2D eigenvalue weighted by Gasteiger charge is 2.77. The summed E-state index contributed by atoms with van der Waals surface area (Å²) in [5.41, 5.74) is -1.40. The Bertz CT molecular complexity index is 1860. The normalized spacial score (nSPS) is 27.9. The van der Waals surface area contributed by atoms with Crippen LogP contribution in [0.3, 0.4) is 0 Å². The maximum Gasteiger partial charge on any atom is 0.422 e. The Balaban J connectivity index is 1.32. The van der Waals surface area contributed by atoms with Gasteiger partial charge in [0.25, 0.3) is 0 Å². The summed E-state index contributed by atoms with van der Waals surface area (Å²) < 4.78 is 68.0. The molecule has 4 saturated heterocycles. The minimum Gasteiger partial charge on any atom is -0.460 e. The molecule has 1 aliphatic carbocycles. The number of hydroxylamine groups is 2. The van der Waals surface area contributed by atoms with E-state index in [-0.39, 0.29) is 32.4 Å². The molecule has 5 fully saturated rings. The molecule has 8 atom stereocenters. The van der Waals surface area contributed by atoms with E-state index in [0.29, 0.717) is 36.8 Å². The van der Waals surface area contributed by atoms with Gasteiger partial charge in [-0.2, -0.15) is 18.2 Å². The van der Waals surface area contributed by atoms with E-state index in [1.807, 2.05) is 0 Å². The number of ether oxygens (including phenoxy) is 5. The Kier molecular flexibility index (Phi) is 15.9. The average Bonchev–Trinajstić information content (AvgIpc) is 3.96. The number of halogens is 3. The van der Waals surface area contributed by atoms with Crippen molar-refractivity contribution >= 4 is 35.8 Å². The third-order valence-corrected chi connectivity index (χ3v) is 12.6. The van der Waals surface area contributed by atoms with Gasteiger partial charge in [-0.05, 0) is 70.1 Å². The number of rotatable bonds is 20. The van der Waals surface area contributed by atoms with Crippen LogP contribution in [0.25, 0.3) is 6.08 Å². The van der Waals surface area contributed by atoms with Crippen LogP contribution in [0.5, 0.6) is 0 Å². The second-order valence-corrected chi connectivity index (χ2v) is 18.6. The molecule has 6 rings (SSSR count). The Hall–Kier alpha value is -4.10. The number of aliphatic hydroxyl groups is 1. The minimum atomic E-state index is -4.70. The third kappa shape index (κ3) is 11.3. The van der Waals surface area contributed by atoms with Crippen LogP contribution in [-0.4, -0.2) is 125 Å². The van der Waals surface area contributed by atoms with Crippen LogP contribution in [0.1, 0.15) is 129 Å².